The molecule has 0 spiro atoms. The number of aliphatic hydroxyl groups is 1. The summed E-state index contributed by atoms with van der Waals surface area (Å²) >= 11 is 0. The maximum atomic E-state index is 12.0. The second kappa shape index (κ2) is 6.44. The minimum atomic E-state index is -0.684. The lowest BCUT2D eigenvalue weighted by Gasteiger charge is -2.41. The van der Waals surface area contributed by atoms with Crippen molar-refractivity contribution in [1.29, 1.82) is 0 Å². The SMILES string of the molecule is CCC1CCC(O)(CNC(=O)CC2(CN)CCC2)CC1. The van der Waals surface area contributed by atoms with Gasteiger partial charge in [0.05, 0.1) is 5.60 Å². The van der Waals surface area contributed by atoms with Crippen LogP contribution < -0.4 is 11.1 Å². The Morgan fingerprint density at radius 3 is 2.40 bits per heavy atom. The maximum Gasteiger partial charge on any atom is 0.220 e. The van der Waals surface area contributed by atoms with Gasteiger partial charge in [-0.3, -0.25) is 4.79 Å². The fraction of sp³-hybridized carbons (Fsp3) is 0.938. The van der Waals surface area contributed by atoms with E-state index in [0.29, 0.717) is 19.5 Å². The van der Waals surface area contributed by atoms with Gasteiger partial charge in [-0.2, -0.15) is 0 Å². The molecule has 0 bridgehead atoms. The standard InChI is InChI=1S/C16H30N2O2/c1-2-13-4-8-16(20,9-5-13)12-18-14(19)10-15(11-17)6-3-7-15/h13,20H,2-12,17H2,1H3,(H,18,19). The third-order valence-corrected chi connectivity index (χ3v) is 5.61. The van der Waals surface area contributed by atoms with Crippen molar-refractivity contribution in [2.24, 2.45) is 17.1 Å². The van der Waals surface area contributed by atoms with Gasteiger partial charge in [0.1, 0.15) is 0 Å². The molecule has 0 aromatic rings. The van der Waals surface area contributed by atoms with Crippen LogP contribution in [0.1, 0.15) is 64.7 Å². The number of nitrogens with two attached hydrogens (primary N) is 1. The van der Waals surface area contributed by atoms with Crippen LogP contribution in [0.15, 0.2) is 0 Å². The molecule has 20 heavy (non-hydrogen) atoms. The molecule has 4 N–H and O–H groups in total. The molecular formula is C16H30N2O2. The van der Waals surface area contributed by atoms with Crippen molar-refractivity contribution in [3.8, 4) is 0 Å². The Kier molecular flexibility index (Phi) is 5.08. The third-order valence-electron chi connectivity index (χ3n) is 5.61. The molecule has 0 aromatic heterocycles. The Morgan fingerprint density at radius 2 is 1.95 bits per heavy atom. The smallest absolute Gasteiger partial charge is 0.220 e. The molecule has 116 valence electrons. The highest BCUT2D eigenvalue weighted by Gasteiger charge is 2.38. The summed E-state index contributed by atoms with van der Waals surface area (Å²) in [6.45, 7) is 3.22. The Labute approximate surface area is 122 Å². The van der Waals surface area contributed by atoms with E-state index in [9.17, 15) is 9.90 Å². The monoisotopic (exact) mass is 282 g/mol. The van der Waals surface area contributed by atoms with Crippen molar-refractivity contribution in [2.75, 3.05) is 13.1 Å². The summed E-state index contributed by atoms with van der Waals surface area (Å²) in [5.74, 6) is 0.808. The Morgan fingerprint density at radius 1 is 1.30 bits per heavy atom. The van der Waals surface area contributed by atoms with Gasteiger partial charge in [-0.05, 0) is 56.4 Å². The van der Waals surface area contributed by atoms with E-state index in [1.165, 1.54) is 12.8 Å². The number of rotatable bonds is 6. The summed E-state index contributed by atoms with van der Waals surface area (Å²) in [5.41, 5.74) is 5.15. The average Bonchev–Trinajstić information content (AvgIpc) is 2.42. The van der Waals surface area contributed by atoms with Gasteiger partial charge in [0.25, 0.3) is 0 Å². The van der Waals surface area contributed by atoms with Crippen LogP contribution in [-0.2, 0) is 4.79 Å². The lowest BCUT2D eigenvalue weighted by atomic mass is 9.66. The Bertz CT molecular complexity index is 326. The van der Waals surface area contributed by atoms with E-state index in [0.717, 1.165) is 44.4 Å². The number of hydrogen-bond donors (Lipinski definition) is 3. The van der Waals surface area contributed by atoms with Gasteiger partial charge in [0.15, 0.2) is 0 Å². The fourth-order valence-corrected chi connectivity index (χ4v) is 3.60. The second-order valence-corrected chi connectivity index (χ2v) is 7.09. The van der Waals surface area contributed by atoms with Crippen LogP contribution in [-0.4, -0.2) is 29.7 Å². The zero-order valence-corrected chi connectivity index (χ0v) is 12.8. The van der Waals surface area contributed by atoms with Crippen LogP contribution in [0.4, 0.5) is 0 Å². The summed E-state index contributed by atoms with van der Waals surface area (Å²) in [6, 6.07) is 0. The summed E-state index contributed by atoms with van der Waals surface area (Å²) in [7, 11) is 0. The van der Waals surface area contributed by atoms with Gasteiger partial charge in [-0.15, -0.1) is 0 Å². The molecule has 0 radical (unpaired) electrons. The lowest BCUT2D eigenvalue weighted by Crippen LogP contribution is -2.48. The highest BCUT2D eigenvalue weighted by Crippen LogP contribution is 2.42. The van der Waals surface area contributed by atoms with E-state index in [-0.39, 0.29) is 11.3 Å². The minimum absolute atomic E-state index is 0.0482. The average molecular weight is 282 g/mol. The van der Waals surface area contributed by atoms with Crippen LogP contribution in [0.3, 0.4) is 0 Å². The zero-order valence-electron chi connectivity index (χ0n) is 12.8. The van der Waals surface area contributed by atoms with Crippen molar-refractivity contribution in [3.05, 3.63) is 0 Å². The van der Waals surface area contributed by atoms with Gasteiger partial charge in [-0.1, -0.05) is 19.8 Å². The number of carbonyl (C=O) groups excluding carboxylic acids is 1. The molecule has 0 unspecified atom stereocenters. The molecule has 2 saturated carbocycles. The first-order valence-electron chi connectivity index (χ1n) is 8.20. The number of nitrogens with one attached hydrogen (secondary N) is 1. The largest absolute Gasteiger partial charge is 0.388 e. The molecule has 2 fully saturated rings. The van der Waals surface area contributed by atoms with Crippen molar-refractivity contribution in [3.63, 3.8) is 0 Å². The Hall–Kier alpha value is -0.610. The first kappa shape index (κ1) is 15.8. The summed E-state index contributed by atoms with van der Waals surface area (Å²) in [5, 5.41) is 13.5. The van der Waals surface area contributed by atoms with Crippen molar-refractivity contribution in [1.82, 2.24) is 5.32 Å². The summed E-state index contributed by atoms with van der Waals surface area (Å²) < 4.78 is 0. The quantitative estimate of drug-likeness (QED) is 0.697. The van der Waals surface area contributed by atoms with E-state index >= 15 is 0 Å². The van der Waals surface area contributed by atoms with Crippen LogP contribution >= 0.6 is 0 Å². The molecule has 1 amide bonds. The van der Waals surface area contributed by atoms with Crippen LogP contribution in [0.25, 0.3) is 0 Å². The summed E-state index contributed by atoms with van der Waals surface area (Å²) in [4.78, 5) is 12.0. The molecule has 0 saturated heterocycles. The third kappa shape index (κ3) is 3.73. The number of carbonyl (C=O) groups is 1. The Balaban J connectivity index is 1.73. The first-order chi connectivity index (χ1) is 9.51. The van der Waals surface area contributed by atoms with Gasteiger partial charge >= 0.3 is 0 Å². The van der Waals surface area contributed by atoms with E-state index in [4.69, 9.17) is 5.73 Å². The minimum Gasteiger partial charge on any atom is -0.388 e. The molecule has 0 atom stereocenters. The molecule has 2 aliphatic carbocycles. The molecular weight excluding hydrogens is 252 g/mol. The highest BCUT2D eigenvalue weighted by molar-refractivity contribution is 5.77. The molecule has 2 aliphatic rings. The highest BCUT2D eigenvalue weighted by atomic mass is 16.3. The van der Waals surface area contributed by atoms with Gasteiger partial charge < -0.3 is 16.2 Å². The van der Waals surface area contributed by atoms with Crippen LogP contribution in [0, 0.1) is 11.3 Å². The number of amides is 1. The van der Waals surface area contributed by atoms with Crippen molar-refractivity contribution >= 4 is 5.91 Å². The van der Waals surface area contributed by atoms with E-state index in [1.54, 1.807) is 0 Å². The first-order valence-corrected chi connectivity index (χ1v) is 8.20. The molecule has 4 nitrogen and oxygen atoms in total. The van der Waals surface area contributed by atoms with E-state index < -0.39 is 5.60 Å². The molecule has 4 heteroatoms. The topological polar surface area (TPSA) is 75.3 Å². The number of hydrogen-bond acceptors (Lipinski definition) is 3. The van der Waals surface area contributed by atoms with Crippen molar-refractivity contribution in [2.45, 2.75) is 70.3 Å². The normalized spacial score (nSPS) is 32.5. The van der Waals surface area contributed by atoms with Crippen LogP contribution in [0.5, 0.6) is 0 Å². The van der Waals surface area contributed by atoms with Crippen LogP contribution in [0.2, 0.25) is 0 Å². The molecule has 2 rings (SSSR count). The maximum absolute atomic E-state index is 12.0. The summed E-state index contributed by atoms with van der Waals surface area (Å²) in [6.07, 6.45) is 8.83. The lowest BCUT2D eigenvalue weighted by molar-refractivity contribution is -0.126. The van der Waals surface area contributed by atoms with Gasteiger partial charge in [0.2, 0.25) is 5.91 Å². The predicted molar refractivity (Wildman–Crippen MR) is 80.2 cm³/mol. The molecule has 0 heterocycles. The molecule has 0 aromatic carbocycles. The van der Waals surface area contributed by atoms with E-state index in [1.807, 2.05) is 0 Å². The predicted octanol–water partition coefficient (Wildman–Crippen LogP) is 1.95. The van der Waals surface area contributed by atoms with Gasteiger partial charge in [0, 0.05) is 13.0 Å². The fourth-order valence-electron chi connectivity index (χ4n) is 3.60. The molecule has 0 aliphatic heterocycles. The zero-order chi connectivity index (χ0) is 14.6. The van der Waals surface area contributed by atoms with Gasteiger partial charge in [-0.25, -0.2) is 0 Å². The van der Waals surface area contributed by atoms with E-state index in [2.05, 4.69) is 12.2 Å². The van der Waals surface area contributed by atoms with Crippen molar-refractivity contribution < 1.29 is 9.90 Å². The second-order valence-electron chi connectivity index (χ2n) is 7.09.